The van der Waals surface area contributed by atoms with Crippen molar-refractivity contribution in [1.29, 1.82) is 0 Å². The third-order valence-electron chi connectivity index (χ3n) is 20.3. The van der Waals surface area contributed by atoms with E-state index in [9.17, 15) is 0 Å². The van der Waals surface area contributed by atoms with Crippen LogP contribution in [0.25, 0.3) is 157 Å². The average molecular weight is 1420 g/mol. The molecular formula is C100H70N8O2. The van der Waals surface area contributed by atoms with E-state index in [0.29, 0.717) is 33.9 Å². The molecule has 0 N–H and O–H groups in total. The maximum Gasteiger partial charge on any atom is 0.258 e. The first-order valence-electron chi connectivity index (χ1n) is 36.5. The van der Waals surface area contributed by atoms with Crippen LogP contribution in [0.1, 0.15) is 20.7 Å². The van der Waals surface area contributed by atoms with Crippen LogP contribution in [-0.4, -0.2) is 55.8 Å². The number of hydrogen-bond donors (Lipinski definition) is 0. The van der Waals surface area contributed by atoms with Crippen LogP contribution in [0, 0.1) is 0 Å². The molecule has 17 rings (SSSR count). The minimum Gasteiger partial charge on any atom is -0.311 e. The zero-order valence-electron chi connectivity index (χ0n) is 60.3. The number of amides is 2. The highest BCUT2D eigenvalue weighted by molar-refractivity contribution is 6.09. The summed E-state index contributed by atoms with van der Waals surface area (Å²) in [7, 11) is 3.64. The van der Waals surface area contributed by atoms with E-state index in [0.717, 1.165) is 145 Å². The lowest BCUT2D eigenvalue weighted by Crippen LogP contribution is -2.26. The Morgan fingerprint density at radius 2 is 0.409 bits per heavy atom. The van der Waals surface area contributed by atoms with Gasteiger partial charge in [0.1, 0.15) is 6.33 Å². The summed E-state index contributed by atoms with van der Waals surface area (Å²) >= 11 is 0. The number of pyridine rings is 4. The van der Waals surface area contributed by atoms with Crippen molar-refractivity contribution in [2.75, 3.05) is 23.9 Å². The summed E-state index contributed by atoms with van der Waals surface area (Å²) in [5, 5.41) is 0. The molecule has 2 amide bonds. The third kappa shape index (κ3) is 14.3. The van der Waals surface area contributed by atoms with Crippen molar-refractivity contribution >= 4 is 23.2 Å². The smallest absolute Gasteiger partial charge is 0.258 e. The summed E-state index contributed by atoms with van der Waals surface area (Å²) in [6, 6.07) is 121. The van der Waals surface area contributed by atoms with E-state index in [4.69, 9.17) is 9.97 Å². The molecule has 0 saturated heterocycles. The first-order valence-corrected chi connectivity index (χ1v) is 36.5. The fourth-order valence-corrected chi connectivity index (χ4v) is 14.5. The van der Waals surface area contributed by atoms with Gasteiger partial charge in [-0.15, -0.1) is 0 Å². The van der Waals surface area contributed by atoms with E-state index < -0.39 is 0 Å². The topological polar surface area (TPSA) is 118 Å². The van der Waals surface area contributed by atoms with Crippen molar-refractivity contribution in [2.45, 2.75) is 0 Å². The normalized spacial score (nSPS) is 11.1. The number of carbonyl (C=O) groups excluding carboxylic acids is 2. The lowest BCUT2D eigenvalue weighted by Gasteiger charge is -2.21. The van der Waals surface area contributed by atoms with Crippen molar-refractivity contribution < 1.29 is 9.59 Å². The highest BCUT2D eigenvalue weighted by Gasteiger charge is 2.23. The maximum absolute atomic E-state index is 15.3. The fourth-order valence-electron chi connectivity index (χ4n) is 14.5. The van der Waals surface area contributed by atoms with Crippen molar-refractivity contribution in [3.8, 4) is 157 Å². The Bertz CT molecular complexity index is 5500. The van der Waals surface area contributed by atoms with Crippen LogP contribution in [0.3, 0.4) is 0 Å². The zero-order valence-corrected chi connectivity index (χ0v) is 60.3. The van der Waals surface area contributed by atoms with E-state index in [1.165, 1.54) is 0 Å². The standard InChI is InChI=1S/C100H70N8O2/c1-107(99(109)81-61-77(89-23-7-3-19-85(89)67-31-39-71(40-32-67)93-27-11-15-55-101-93)59-78(62-81)90-24-8-4-20-86(90)68-33-41-72(42-34-68)94-28-12-16-56-102-94)83-51-47-75(48-52-83)97-65-98(106-66-105-97)76-49-53-84(54-50-76)108(2)100(110)82-63-79(91-25-9-5-21-87(91)69-35-43-73(44-36-69)95-29-13-17-57-103-95)60-80(64-82)92-26-10-6-22-88(92)70-37-45-74(46-38-70)96-30-14-18-58-104-96/h3-66H,1-2H3. The van der Waals surface area contributed by atoms with Gasteiger partial charge in [0.05, 0.1) is 34.2 Å². The number of hydrogen-bond acceptors (Lipinski definition) is 8. The number of benzene rings is 12. The molecular weight excluding hydrogens is 1350 g/mol. The molecule has 12 aromatic carbocycles. The first kappa shape index (κ1) is 68.4. The van der Waals surface area contributed by atoms with Gasteiger partial charge >= 0.3 is 0 Å². The summed E-state index contributed by atoms with van der Waals surface area (Å²) in [6.45, 7) is 0. The van der Waals surface area contributed by atoms with Gasteiger partial charge in [-0.2, -0.15) is 0 Å². The van der Waals surface area contributed by atoms with Crippen LogP contribution in [-0.2, 0) is 0 Å². The quantitative estimate of drug-likeness (QED) is 0.0834. The zero-order chi connectivity index (χ0) is 74.3. The van der Waals surface area contributed by atoms with Gasteiger partial charge in [0.15, 0.2) is 0 Å². The maximum atomic E-state index is 15.3. The van der Waals surface area contributed by atoms with Gasteiger partial charge in [0.25, 0.3) is 11.8 Å². The molecule has 5 aromatic heterocycles. The molecule has 10 heteroatoms. The van der Waals surface area contributed by atoms with Crippen molar-refractivity contribution in [1.82, 2.24) is 29.9 Å². The molecule has 0 radical (unpaired) electrons. The van der Waals surface area contributed by atoms with E-state index in [-0.39, 0.29) is 11.8 Å². The highest BCUT2D eigenvalue weighted by Crippen LogP contribution is 2.43. The molecule has 0 fully saturated rings. The molecule has 0 bridgehead atoms. The van der Waals surface area contributed by atoms with E-state index in [2.05, 4.69) is 226 Å². The number of nitrogens with zero attached hydrogens (tertiary/aromatic N) is 8. The third-order valence-corrected chi connectivity index (χ3v) is 20.3. The van der Waals surface area contributed by atoms with Crippen LogP contribution in [0.4, 0.5) is 11.4 Å². The number of aromatic nitrogens is 6. The van der Waals surface area contributed by atoms with Gasteiger partial charge in [-0.25, -0.2) is 9.97 Å². The number of carbonyl (C=O) groups is 2. The van der Waals surface area contributed by atoms with Crippen molar-refractivity contribution in [2.24, 2.45) is 0 Å². The Morgan fingerprint density at radius 3 is 0.645 bits per heavy atom. The molecule has 10 nitrogen and oxygen atoms in total. The largest absolute Gasteiger partial charge is 0.311 e. The fraction of sp³-hybridized carbons (Fsp3) is 0.0200. The van der Waals surface area contributed by atoms with Gasteiger partial charge in [-0.3, -0.25) is 29.5 Å². The van der Waals surface area contributed by atoms with Crippen molar-refractivity contribution in [3.05, 3.63) is 400 Å². The van der Waals surface area contributed by atoms with Crippen LogP contribution < -0.4 is 9.80 Å². The first-order chi connectivity index (χ1) is 54.2. The SMILES string of the molecule is CN(C(=O)c1cc(-c2ccccc2-c2ccc(-c3ccccn3)cc2)cc(-c2ccccc2-c2ccc(-c3ccccn3)cc2)c1)c1ccc(-c2cc(-c3ccc(N(C)C(=O)c4cc(-c5ccccc5-c5ccc(-c6ccccn6)cc5)cc(-c5ccccc5-c5ccc(-c6ccccn6)cc5)c4)cc3)ncn2)cc1. The van der Waals surface area contributed by atoms with Crippen LogP contribution in [0.5, 0.6) is 0 Å². The van der Waals surface area contributed by atoms with Gasteiger partial charge in [-0.05, 0) is 204 Å². The summed E-state index contributed by atoms with van der Waals surface area (Å²) in [4.78, 5) is 61.9. The molecule has 17 aromatic rings. The predicted molar refractivity (Wildman–Crippen MR) is 448 cm³/mol. The molecule has 5 heterocycles. The molecule has 0 aliphatic rings. The molecule has 0 aliphatic carbocycles. The van der Waals surface area contributed by atoms with Crippen LogP contribution in [0.2, 0.25) is 0 Å². The molecule has 0 saturated carbocycles. The lowest BCUT2D eigenvalue weighted by molar-refractivity contribution is 0.0985. The van der Waals surface area contributed by atoms with E-state index in [1.54, 1.807) is 16.1 Å². The monoisotopic (exact) mass is 1410 g/mol. The molecule has 0 atom stereocenters. The highest BCUT2D eigenvalue weighted by atomic mass is 16.2. The molecule has 522 valence electrons. The minimum absolute atomic E-state index is 0.170. The summed E-state index contributed by atoms with van der Waals surface area (Å²) in [5.41, 5.74) is 29.2. The molecule has 0 spiro atoms. The van der Waals surface area contributed by atoms with Gasteiger partial charge in [0, 0.05) is 94.8 Å². The van der Waals surface area contributed by atoms with E-state index >= 15 is 9.59 Å². The Balaban J connectivity index is 0.650. The second-order valence-corrected chi connectivity index (χ2v) is 27.1. The molecule has 0 unspecified atom stereocenters. The number of rotatable bonds is 18. The minimum atomic E-state index is -0.170. The second kappa shape index (κ2) is 30.8. The Labute approximate surface area is 639 Å². The molecule has 0 aliphatic heterocycles. The Kier molecular flexibility index (Phi) is 19.1. The van der Waals surface area contributed by atoms with Crippen molar-refractivity contribution in [3.63, 3.8) is 0 Å². The van der Waals surface area contributed by atoms with Gasteiger partial charge < -0.3 is 9.80 Å². The number of anilines is 2. The average Bonchev–Trinajstić information content (AvgIpc) is 0.777. The Morgan fingerprint density at radius 1 is 0.200 bits per heavy atom. The predicted octanol–water partition coefficient (Wildman–Crippen LogP) is 23.9. The van der Waals surface area contributed by atoms with Crippen LogP contribution in [0.15, 0.2) is 389 Å². The Hall–Kier alpha value is -14.7. The second-order valence-electron chi connectivity index (χ2n) is 27.1. The van der Waals surface area contributed by atoms with Gasteiger partial charge in [0.2, 0.25) is 0 Å². The van der Waals surface area contributed by atoms with Gasteiger partial charge in [-0.1, -0.05) is 243 Å². The summed E-state index contributed by atoms with van der Waals surface area (Å²) in [6.07, 6.45) is 8.81. The summed E-state index contributed by atoms with van der Waals surface area (Å²) in [5.74, 6) is -0.341. The van der Waals surface area contributed by atoms with Crippen LogP contribution >= 0.6 is 0 Å². The lowest BCUT2D eigenvalue weighted by atomic mass is 9.88. The summed E-state index contributed by atoms with van der Waals surface area (Å²) < 4.78 is 0. The van der Waals surface area contributed by atoms with E-state index in [1.807, 2.05) is 191 Å². The molecule has 110 heavy (non-hydrogen) atoms.